The summed E-state index contributed by atoms with van der Waals surface area (Å²) in [7, 11) is 0. The standard InChI is InChI=1S/C16H23N3O2/c1-4-18(5-2)10-11-19-14-9-7-6-8-13(14)15(16(19)21)17-12(3)20/h6-9,15H,4-5,10-11H2,1-3H3,(H,17,20)/p+1/t15-/m1/s1. The van der Waals surface area contributed by atoms with Gasteiger partial charge < -0.3 is 15.1 Å². The van der Waals surface area contributed by atoms with Crippen molar-refractivity contribution < 1.29 is 14.5 Å². The zero-order chi connectivity index (χ0) is 15.4. The van der Waals surface area contributed by atoms with Crippen LogP contribution in [0.3, 0.4) is 0 Å². The summed E-state index contributed by atoms with van der Waals surface area (Å²) in [6, 6.07) is 7.16. The number of nitrogens with zero attached hydrogens (tertiary/aromatic N) is 1. The normalized spacial score (nSPS) is 17.2. The van der Waals surface area contributed by atoms with Gasteiger partial charge in [-0.2, -0.15) is 0 Å². The van der Waals surface area contributed by atoms with Crippen LogP contribution in [-0.2, 0) is 9.59 Å². The summed E-state index contributed by atoms with van der Waals surface area (Å²) < 4.78 is 0. The Morgan fingerprint density at radius 2 is 1.95 bits per heavy atom. The fourth-order valence-electron chi connectivity index (χ4n) is 2.83. The van der Waals surface area contributed by atoms with Crippen LogP contribution >= 0.6 is 0 Å². The minimum absolute atomic E-state index is 0.0297. The van der Waals surface area contributed by atoms with Crippen LogP contribution in [0.15, 0.2) is 24.3 Å². The quantitative estimate of drug-likeness (QED) is 0.783. The molecule has 1 aliphatic rings. The summed E-state index contributed by atoms with van der Waals surface area (Å²) in [6.45, 7) is 9.45. The van der Waals surface area contributed by atoms with Gasteiger partial charge in [0.05, 0.1) is 26.2 Å². The van der Waals surface area contributed by atoms with E-state index in [1.807, 2.05) is 24.3 Å². The number of amides is 2. The molecular formula is C16H24N3O2+. The number of benzene rings is 1. The van der Waals surface area contributed by atoms with Gasteiger partial charge in [0, 0.05) is 18.2 Å². The van der Waals surface area contributed by atoms with Crippen molar-refractivity contribution in [2.75, 3.05) is 31.1 Å². The second kappa shape index (κ2) is 6.72. The average Bonchev–Trinajstić information content (AvgIpc) is 2.73. The highest BCUT2D eigenvalue weighted by Crippen LogP contribution is 2.35. The molecule has 0 fully saturated rings. The Balaban J connectivity index is 2.19. The number of nitrogens with one attached hydrogen (secondary N) is 2. The van der Waals surface area contributed by atoms with Crippen molar-refractivity contribution in [2.45, 2.75) is 26.8 Å². The predicted molar refractivity (Wildman–Crippen MR) is 82.3 cm³/mol. The van der Waals surface area contributed by atoms with E-state index in [1.54, 1.807) is 4.90 Å². The molecule has 2 N–H and O–H groups in total. The molecule has 2 amide bonds. The lowest BCUT2D eigenvalue weighted by Gasteiger charge is -2.21. The summed E-state index contributed by atoms with van der Waals surface area (Å²) >= 11 is 0. The minimum atomic E-state index is -0.537. The Morgan fingerprint density at radius 1 is 1.29 bits per heavy atom. The molecule has 0 saturated heterocycles. The minimum Gasteiger partial charge on any atom is -0.341 e. The van der Waals surface area contributed by atoms with Crippen molar-refractivity contribution >= 4 is 17.5 Å². The molecule has 0 unspecified atom stereocenters. The highest BCUT2D eigenvalue weighted by molar-refractivity contribution is 6.06. The van der Waals surface area contributed by atoms with E-state index in [-0.39, 0.29) is 11.8 Å². The molecule has 0 spiro atoms. The van der Waals surface area contributed by atoms with E-state index in [0.717, 1.165) is 30.9 Å². The number of para-hydroxylation sites is 1. The summed E-state index contributed by atoms with van der Waals surface area (Å²) in [5.41, 5.74) is 1.82. The van der Waals surface area contributed by atoms with E-state index in [1.165, 1.54) is 11.8 Å². The maximum absolute atomic E-state index is 12.6. The fourth-order valence-corrected chi connectivity index (χ4v) is 2.83. The predicted octanol–water partition coefficient (Wildman–Crippen LogP) is 0.135. The molecule has 5 nitrogen and oxygen atoms in total. The van der Waals surface area contributed by atoms with Crippen LogP contribution in [0.25, 0.3) is 0 Å². The second-order valence-electron chi connectivity index (χ2n) is 5.39. The van der Waals surface area contributed by atoms with E-state index < -0.39 is 6.04 Å². The fraction of sp³-hybridized carbons (Fsp3) is 0.500. The summed E-state index contributed by atoms with van der Waals surface area (Å²) in [5, 5.41) is 2.76. The van der Waals surface area contributed by atoms with Crippen LogP contribution < -0.4 is 15.1 Å². The molecule has 0 radical (unpaired) electrons. The Morgan fingerprint density at radius 3 is 2.57 bits per heavy atom. The molecule has 114 valence electrons. The van der Waals surface area contributed by atoms with Gasteiger partial charge in [-0.3, -0.25) is 9.59 Å². The van der Waals surface area contributed by atoms with Crippen LogP contribution in [0.2, 0.25) is 0 Å². The van der Waals surface area contributed by atoms with Gasteiger partial charge in [0.15, 0.2) is 0 Å². The molecule has 1 aromatic rings. The number of rotatable bonds is 6. The molecule has 1 aromatic carbocycles. The van der Waals surface area contributed by atoms with Gasteiger partial charge in [0.25, 0.3) is 5.91 Å². The van der Waals surface area contributed by atoms with E-state index in [4.69, 9.17) is 0 Å². The molecule has 5 heteroatoms. The van der Waals surface area contributed by atoms with Crippen molar-refractivity contribution in [3.8, 4) is 0 Å². The summed E-state index contributed by atoms with van der Waals surface area (Å²) in [6.07, 6.45) is 0. The van der Waals surface area contributed by atoms with Crippen molar-refractivity contribution in [1.29, 1.82) is 0 Å². The third-order valence-corrected chi connectivity index (χ3v) is 4.09. The lowest BCUT2D eigenvalue weighted by molar-refractivity contribution is -0.894. The molecule has 21 heavy (non-hydrogen) atoms. The van der Waals surface area contributed by atoms with Gasteiger partial charge in [-0.05, 0) is 19.9 Å². The number of carbonyl (C=O) groups excluding carboxylic acids is 2. The monoisotopic (exact) mass is 290 g/mol. The lowest BCUT2D eigenvalue weighted by atomic mass is 10.1. The van der Waals surface area contributed by atoms with Gasteiger partial charge in [-0.1, -0.05) is 18.2 Å². The smallest absolute Gasteiger partial charge is 0.254 e. The highest BCUT2D eigenvalue weighted by atomic mass is 16.2. The zero-order valence-electron chi connectivity index (χ0n) is 13.0. The van der Waals surface area contributed by atoms with Gasteiger partial charge in [0.1, 0.15) is 6.04 Å². The number of likely N-dealkylation sites (N-methyl/N-ethyl adjacent to an activating group) is 1. The molecule has 1 aliphatic heterocycles. The van der Waals surface area contributed by atoms with E-state index in [9.17, 15) is 9.59 Å². The van der Waals surface area contributed by atoms with Crippen LogP contribution in [-0.4, -0.2) is 38.0 Å². The Bertz CT molecular complexity index is 526. The Hall–Kier alpha value is -1.88. The third-order valence-electron chi connectivity index (χ3n) is 4.09. The first-order valence-electron chi connectivity index (χ1n) is 7.59. The largest absolute Gasteiger partial charge is 0.341 e. The van der Waals surface area contributed by atoms with Gasteiger partial charge >= 0.3 is 0 Å². The molecule has 0 aliphatic carbocycles. The highest BCUT2D eigenvalue weighted by Gasteiger charge is 2.37. The average molecular weight is 290 g/mol. The van der Waals surface area contributed by atoms with Crippen LogP contribution in [0.4, 0.5) is 5.69 Å². The Kier molecular flexibility index (Phi) is 4.96. The van der Waals surface area contributed by atoms with Crippen LogP contribution in [0.1, 0.15) is 32.4 Å². The molecular weight excluding hydrogens is 266 g/mol. The van der Waals surface area contributed by atoms with Crippen molar-refractivity contribution in [3.05, 3.63) is 29.8 Å². The first kappa shape index (κ1) is 15.5. The SMILES string of the molecule is CC[NH+](CC)CCN1C(=O)[C@H](NC(C)=O)c2ccccc21. The van der Waals surface area contributed by atoms with Crippen LogP contribution in [0.5, 0.6) is 0 Å². The van der Waals surface area contributed by atoms with E-state index >= 15 is 0 Å². The van der Waals surface area contributed by atoms with Crippen molar-refractivity contribution in [2.24, 2.45) is 0 Å². The number of quaternary nitrogens is 1. The van der Waals surface area contributed by atoms with Gasteiger partial charge in [-0.15, -0.1) is 0 Å². The second-order valence-corrected chi connectivity index (χ2v) is 5.39. The number of fused-ring (bicyclic) bond motifs is 1. The molecule has 0 aromatic heterocycles. The topological polar surface area (TPSA) is 53.9 Å². The van der Waals surface area contributed by atoms with Crippen molar-refractivity contribution in [1.82, 2.24) is 5.32 Å². The number of hydrogen-bond acceptors (Lipinski definition) is 2. The number of anilines is 1. The zero-order valence-corrected chi connectivity index (χ0v) is 13.0. The van der Waals surface area contributed by atoms with Crippen molar-refractivity contribution in [3.63, 3.8) is 0 Å². The Labute approximate surface area is 125 Å². The lowest BCUT2D eigenvalue weighted by Crippen LogP contribution is -3.12. The number of carbonyl (C=O) groups is 2. The first-order chi connectivity index (χ1) is 10.1. The summed E-state index contributed by atoms with van der Waals surface area (Å²) in [4.78, 5) is 27.2. The van der Waals surface area contributed by atoms with E-state index in [0.29, 0.717) is 6.54 Å². The molecule has 0 saturated carbocycles. The van der Waals surface area contributed by atoms with Gasteiger partial charge in [-0.25, -0.2) is 0 Å². The van der Waals surface area contributed by atoms with E-state index in [2.05, 4.69) is 19.2 Å². The van der Waals surface area contributed by atoms with Crippen LogP contribution in [0, 0.1) is 0 Å². The molecule has 2 rings (SSSR count). The summed E-state index contributed by atoms with van der Waals surface area (Å²) in [5.74, 6) is -0.211. The molecule has 0 bridgehead atoms. The number of hydrogen-bond donors (Lipinski definition) is 2. The van der Waals surface area contributed by atoms with Gasteiger partial charge in [0.2, 0.25) is 5.91 Å². The third kappa shape index (κ3) is 3.24. The maximum atomic E-state index is 12.6. The molecule has 1 atom stereocenters. The molecule has 1 heterocycles. The first-order valence-corrected chi connectivity index (χ1v) is 7.59. The maximum Gasteiger partial charge on any atom is 0.254 e.